The molecule has 1 aliphatic heterocycles. The van der Waals surface area contributed by atoms with Gasteiger partial charge in [-0.3, -0.25) is 5.43 Å². The number of ether oxygens (including phenoxy) is 1. The van der Waals surface area contributed by atoms with Crippen molar-refractivity contribution < 1.29 is 9.53 Å². The Balaban J connectivity index is 2.17. The fraction of sp³-hybridized carbons (Fsp3) is 0.529. The van der Waals surface area contributed by atoms with Gasteiger partial charge in [-0.2, -0.15) is 0 Å². The number of hydrazone groups is 1. The summed E-state index contributed by atoms with van der Waals surface area (Å²) in [5, 5.41) is 4.34. The van der Waals surface area contributed by atoms with Crippen LogP contribution in [0.5, 0.6) is 0 Å². The van der Waals surface area contributed by atoms with Crippen LogP contribution in [0, 0.1) is 11.8 Å². The normalized spacial score (nSPS) is 21.9. The lowest BCUT2D eigenvalue weighted by Gasteiger charge is -2.36. The third-order valence-corrected chi connectivity index (χ3v) is 4.29. The van der Waals surface area contributed by atoms with Crippen molar-refractivity contribution in [1.82, 2.24) is 4.90 Å². The fourth-order valence-electron chi connectivity index (χ4n) is 2.92. The summed E-state index contributed by atoms with van der Waals surface area (Å²) in [4.78, 5) is 14.3. The Morgan fingerprint density at radius 2 is 1.91 bits per heavy atom. The lowest BCUT2D eigenvalue weighted by molar-refractivity contribution is -0.136. The maximum absolute atomic E-state index is 12.3. The molecule has 1 fully saturated rings. The van der Waals surface area contributed by atoms with Crippen molar-refractivity contribution in [2.24, 2.45) is 16.9 Å². The first-order valence-electron chi connectivity index (χ1n) is 8.01. The maximum atomic E-state index is 12.3. The molecule has 0 radical (unpaired) electrons. The van der Waals surface area contributed by atoms with E-state index in [1.165, 1.54) is 6.42 Å². The molecule has 0 unspecified atom stereocenters. The zero-order chi connectivity index (χ0) is 16.8. The first-order chi connectivity index (χ1) is 11.0. The second-order valence-corrected chi connectivity index (χ2v) is 7.04. The van der Waals surface area contributed by atoms with Gasteiger partial charge in [0, 0.05) is 17.6 Å². The summed E-state index contributed by atoms with van der Waals surface area (Å²) in [6.07, 6.45) is 1.17. The van der Waals surface area contributed by atoms with Gasteiger partial charge in [-0.25, -0.2) is 4.79 Å². The number of hydrogen-bond donors (Lipinski definition) is 1. The molecule has 5 nitrogen and oxygen atoms in total. The first-order valence-corrected chi connectivity index (χ1v) is 8.80. The number of carbonyl (C=O) groups is 1. The molecule has 1 aliphatic rings. The summed E-state index contributed by atoms with van der Waals surface area (Å²) in [6.45, 7) is 8.20. The van der Waals surface area contributed by atoms with Crippen molar-refractivity contribution in [1.29, 1.82) is 0 Å². The Bertz CT molecular complexity index is 549. The van der Waals surface area contributed by atoms with Gasteiger partial charge in [0.25, 0.3) is 0 Å². The fourth-order valence-corrected chi connectivity index (χ4v) is 3.18. The van der Waals surface area contributed by atoms with Crippen LogP contribution in [0.3, 0.4) is 0 Å². The predicted molar refractivity (Wildman–Crippen MR) is 96.4 cm³/mol. The Labute approximate surface area is 146 Å². The van der Waals surface area contributed by atoms with Gasteiger partial charge in [0.15, 0.2) is 0 Å². The van der Waals surface area contributed by atoms with Crippen LogP contribution in [0.15, 0.2) is 33.8 Å². The van der Waals surface area contributed by atoms with E-state index in [0.717, 1.165) is 23.2 Å². The van der Waals surface area contributed by atoms with E-state index in [0.29, 0.717) is 24.3 Å². The van der Waals surface area contributed by atoms with Crippen LogP contribution in [0.25, 0.3) is 0 Å². The number of amidine groups is 1. The molecule has 6 heteroatoms. The van der Waals surface area contributed by atoms with Crippen molar-refractivity contribution in [2.45, 2.75) is 27.2 Å². The summed E-state index contributed by atoms with van der Waals surface area (Å²) in [7, 11) is 0. The van der Waals surface area contributed by atoms with E-state index in [-0.39, 0.29) is 5.97 Å². The van der Waals surface area contributed by atoms with Gasteiger partial charge >= 0.3 is 5.97 Å². The maximum Gasteiger partial charge on any atom is 0.375 e. The molecule has 126 valence electrons. The smallest absolute Gasteiger partial charge is 0.375 e. The van der Waals surface area contributed by atoms with Crippen LogP contribution < -0.4 is 5.43 Å². The molecule has 0 spiro atoms. The molecule has 0 aromatic heterocycles. The molecule has 2 atom stereocenters. The minimum Gasteiger partial charge on any atom is -0.460 e. The number of hydrogen-bond acceptors (Lipinski definition) is 4. The van der Waals surface area contributed by atoms with Crippen LogP contribution in [-0.4, -0.2) is 36.4 Å². The zero-order valence-electron chi connectivity index (χ0n) is 13.9. The van der Waals surface area contributed by atoms with Crippen molar-refractivity contribution in [3.63, 3.8) is 0 Å². The number of nitrogens with one attached hydrogen (secondary N) is 1. The van der Waals surface area contributed by atoms with Gasteiger partial charge in [-0.15, -0.1) is 5.10 Å². The number of nitrogens with zero attached hydrogens (tertiary/aromatic N) is 2. The van der Waals surface area contributed by atoms with E-state index >= 15 is 0 Å². The highest BCUT2D eigenvalue weighted by Crippen LogP contribution is 2.22. The quantitative estimate of drug-likeness (QED) is 0.375. The van der Waals surface area contributed by atoms with Crippen LogP contribution in [-0.2, 0) is 9.53 Å². The number of anilines is 1. The first kappa shape index (κ1) is 17.8. The van der Waals surface area contributed by atoms with Gasteiger partial charge in [-0.05, 0) is 49.4 Å². The van der Waals surface area contributed by atoms with Gasteiger partial charge < -0.3 is 9.64 Å². The largest absolute Gasteiger partial charge is 0.460 e. The molecule has 23 heavy (non-hydrogen) atoms. The number of esters is 1. The third-order valence-electron chi connectivity index (χ3n) is 3.76. The average Bonchev–Trinajstić information content (AvgIpc) is 2.48. The van der Waals surface area contributed by atoms with E-state index < -0.39 is 0 Å². The minimum absolute atomic E-state index is 0.342. The Hall–Kier alpha value is -1.56. The van der Waals surface area contributed by atoms with Gasteiger partial charge in [0.05, 0.1) is 12.3 Å². The van der Waals surface area contributed by atoms with Crippen LogP contribution in [0.4, 0.5) is 5.69 Å². The topological polar surface area (TPSA) is 53.9 Å². The Morgan fingerprint density at radius 1 is 1.30 bits per heavy atom. The summed E-state index contributed by atoms with van der Waals surface area (Å²) in [6, 6.07) is 7.65. The van der Waals surface area contributed by atoms with E-state index in [2.05, 4.69) is 40.3 Å². The molecule has 0 saturated carbocycles. The standard InChI is InChI=1S/C17H24BrN3O2/c1-4-23-17(22)16(21-10-12(2)9-13(3)11-21)20-19-15-7-5-14(18)6-8-15/h5-8,12-13,19H,4,9-11H2,1-3H3/b20-16+/t12-,13+. The molecule has 0 bridgehead atoms. The van der Waals surface area contributed by atoms with Crippen LogP contribution >= 0.6 is 15.9 Å². The number of halogens is 1. The number of likely N-dealkylation sites (tertiary alicyclic amines) is 1. The minimum atomic E-state index is -0.376. The number of piperidine rings is 1. The molecule has 1 N–H and O–H groups in total. The summed E-state index contributed by atoms with van der Waals surface area (Å²) >= 11 is 3.40. The SMILES string of the molecule is CCOC(=O)/C(=N\Nc1ccc(Br)cc1)N1C[C@H](C)C[C@H](C)C1. The highest BCUT2D eigenvalue weighted by Gasteiger charge is 2.28. The Morgan fingerprint density at radius 3 is 2.48 bits per heavy atom. The van der Waals surface area contributed by atoms with Crippen LogP contribution in [0.2, 0.25) is 0 Å². The molecule has 1 heterocycles. The Kier molecular flexibility index (Phi) is 6.45. The van der Waals surface area contributed by atoms with Crippen molar-refractivity contribution >= 4 is 33.4 Å². The second-order valence-electron chi connectivity index (χ2n) is 6.13. The van der Waals surface area contributed by atoms with Gasteiger partial charge in [0.2, 0.25) is 5.84 Å². The van der Waals surface area contributed by atoms with Crippen molar-refractivity contribution in [2.75, 3.05) is 25.1 Å². The number of carbonyl (C=O) groups excluding carboxylic acids is 1. The van der Waals surface area contributed by atoms with E-state index in [1.54, 1.807) is 6.92 Å². The summed E-state index contributed by atoms with van der Waals surface area (Å²) in [5.41, 5.74) is 3.79. The van der Waals surface area contributed by atoms with Gasteiger partial charge in [0.1, 0.15) is 0 Å². The van der Waals surface area contributed by atoms with E-state index in [9.17, 15) is 4.79 Å². The monoisotopic (exact) mass is 381 g/mol. The van der Waals surface area contributed by atoms with Gasteiger partial charge in [-0.1, -0.05) is 29.8 Å². The molecule has 0 aliphatic carbocycles. The molecule has 1 saturated heterocycles. The lowest BCUT2D eigenvalue weighted by Crippen LogP contribution is -2.46. The molecular weight excluding hydrogens is 358 g/mol. The number of rotatable bonds is 3. The average molecular weight is 382 g/mol. The number of benzene rings is 1. The predicted octanol–water partition coefficient (Wildman–Crippen LogP) is 3.72. The molecule has 2 rings (SSSR count). The molecular formula is C17H24BrN3O2. The van der Waals surface area contributed by atoms with Crippen molar-refractivity contribution in [3.05, 3.63) is 28.7 Å². The third kappa shape index (κ3) is 5.23. The highest BCUT2D eigenvalue weighted by molar-refractivity contribution is 9.10. The van der Waals surface area contributed by atoms with E-state index in [4.69, 9.17) is 4.74 Å². The summed E-state index contributed by atoms with van der Waals surface area (Å²) < 4.78 is 6.17. The molecule has 0 amide bonds. The lowest BCUT2D eigenvalue weighted by atomic mass is 9.92. The van der Waals surface area contributed by atoms with Crippen molar-refractivity contribution in [3.8, 4) is 0 Å². The molecule has 1 aromatic rings. The molecule has 1 aromatic carbocycles. The summed E-state index contributed by atoms with van der Waals surface area (Å²) in [5.74, 6) is 1.05. The van der Waals surface area contributed by atoms with Crippen LogP contribution in [0.1, 0.15) is 27.2 Å². The van der Waals surface area contributed by atoms with E-state index in [1.807, 2.05) is 29.2 Å². The zero-order valence-corrected chi connectivity index (χ0v) is 15.5. The highest BCUT2D eigenvalue weighted by atomic mass is 79.9. The second kappa shape index (κ2) is 8.34.